The molecule has 1 heterocycles. The Hall–Kier alpha value is -2.11. The Bertz CT molecular complexity index is 480. The Labute approximate surface area is 111 Å². The van der Waals surface area contributed by atoms with Gasteiger partial charge >= 0.3 is 12.1 Å². The Morgan fingerprint density at radius 2 is 2.05 bits per heavy atom. The zero-order chi connectivity index (χ0) is 14.6. The van der Waals surface area contributed by atoms with Crippen LogP contribution in [0.1, 0.15) is 38.1 Å². The molecule has 2 N–H and O–H groups in total. The number of hydrogen-bond acceptors (Lipinski definition) is 4. The summed E-state index contributed by atoms with van der Waals surface area (Å²) in [6.45, 7) is 6.84. The molecule has 1 unspecified atom stereocenters. The first-order chi connectivity index (χ1) is 8.70. The number of amides is 1. The van der Waals surface area contributed by atoms with Crippen molar-refractivity contribution in [2.45, 2.75) is 39.3 Å². The quantitative estimate of drug-likeness (QED) is 0.874. The number of hydrogen-bond donors (Lipinski definition) is 2. The number of aromatic nitrogens is 1. The Balaban J connectivity index is 2.89. The predicted octanol–water partition coefficient (Wildman–Crippen LogP) is 2.04. The van der Waals surface area contributed by atoms with Crippen LogP contribution < -0.4 is 5.32 Å². The van der Waals surface area contributed by atoms with Crippen molar-refractivity contribution in [3.05, 3.63) is 29.6 Å². The molecule has 104 valence electrons. The van der Waals surface area contributed by atoms with E-state index < -0.39 is 23.7 Å². The summed E-state index contributed by atoms with van der Waals surface area (Å²) < 4.78 is 5.04. The molecule has 1 rings (SSSR count). The van der Waals surface area contributed by atoms with E-state index >= 15 is 0 Å². The van der Waals surface area contributed by atoms with E-state index in [-0.39, 0.29) is 0 Å². The lowest BCUT2D eigenvalue weighted by molar-refractivity contribution is -0.139. The van der Waals surface area contributed by atoms with Crippen LogP contribution in [-0.4, -0.2) is 27.8 Å². The summed E-state index contributed by atoms with van der Waals surface area (Å²) in [6.07, 6.45) is 0.694. The molecule has 0 saturated carbocycles. The molecule has 0 fully saturated rings. The maximum Gasteiger partial charge on any atom is 0.408 e. The third kappa shape index (κ3) is 4.57. The number of alkyl carbamates (subject to hydrolysis) is 1. The van der Waals surface area contributed by atoms with E-state index in [2.05, 4.69) is 10.3 Å². The molecule has 6 nitrogen and oxygen atoms in total. The molecule has 1 atom stereocenters. The summed E-state index contributed by atoms with van der Waals surface area (Å²) in [6, 6.07) is 2.20. The van der Waals surface area contributed by atoms with Gasteiger partial charge in [0.05, 0.1) is 5.69 Å². The molecule has 0 aromatic carbocycles. The largest absolute Gasteiger partial charge is 0.479 e. The van der Waals surface area contributed by atoms with Gasteiger partial charge in [-0.2, -0.15) is 0 Å². The highest BCUT2D eigenvalue weighted by Crippen LogP contribution is 2.16. The molecule has 0 aliphatic rings. The molecule has 1 aromatic heterocycles. The topological polar surface area (TPSA) is 88.5 Å². The number of carboxylic acid groups (broad SMARTS) is 1. The molecule has 0 radical (unpaired) electrons. The molecule has 1 aromatic rings. The lowest BCUT2D eigenvalue weighted by atomic mass is 10.1. The monoisotopic (exact) mass is 266 g/mol. The lowest BCUT2D eigenvalue weighted by Crippen LogP contribution is -2.38. The SMILES string of the molecule is Cc1cccnc1C(NC(=O)OC(C)(C)C)C(=O)O. The maximum absolute atomic E-state index is 11.6. The summed E-state index contributed by atoms with van der Waals surface area (Å²) in [5, 5.41) is 11.5. The molecule has 0 spiro atoms. The molecular formula is C13H18N2O4. The molecule has 0 aliphatic heterocycles. The van der Waals surface area contributed by atoms with E-state index in [4.69, 9.17) is 4.74 Å². The van der Waals surface area contributed by atoms with Gasteiger partial charge in [-0.05, 0) is 39.3 Å². The minimum atomic E-state index is -1.23. The van der Waals surface area contributed by atoms with Crippen molar-refractivity contribution in [2.75, 3.05) is 0 Å². The summed E-state index contributed by atoms with van der Waals surface area (Å²) in [7, 11) is 0. The minimum absolute atomic E-state index is 0.292. The average Bonchev–Trinajstić information content (AvgIpc) is 2.24. The summed E-state index contributed by atoms with van der Waals surface area (Å²) in [5.41, 5.74) is 0.290. The number of ether oxygens (including phenoxy) is 1. The van der Waals surface area contributed by atoms with Gasteiger partial charge < -0.3 is 15.2 Å². The van der Waals surface area contributed by atoms with Gasteiger partial charge in [-0.25, -0.2) is 9.59 Å². The number of aliphatic carboxylic acids is 1. The van der Waals surface area contributed by atoms with Crippen molar-refractivity contribution < 1.29 is 19.4 Å². The standard InChI is InChI=1S/C13H18N2O4/c1-8-6-5-7-14-9(8)10(11(16)17)15-12(18)19-13(2,3)4/h5-7,10H,1-4H3,(H,15,18)(H,16,17). The van der Waals surface area contributed by atoms with Crippen molar-refractivity contribution in [2.24, 2.45) is 0 Å². The van der Waals surface area contributed by atoms with E-state index in [1.54, 1.807) is 39.8 Å². The van der Waals surface area contributed by atoms with Gasteiger partial charge in [-0.15, -0.1) is 0 Å². The van der Waals surface area contributed by atoms with Gasteiger partial charge in [0, 0.05) is 6.20 Å². The zero-order valence-corrected chi connectivity index (χ0v) is 11.4. The zero-order valence-electron chi connectivity index (χ0n) is 11.4. The number of carboxylic acids is 1. The third-order valence-electron chi connectivity index (χ3n) is 2.23. The highest BCUT2D eigenvalue weighted by atomic mass is 16.6. The second-order valence-electron chi connectivity index (χ2n) is 5.12. The fourth-order valence-corrected chi connectivity index (χ4v) is 1.47. The van der Waals surface area contributed by atoms with E-state index in [0.717, 1.165) is 0 Å². The number of pyridine rings is 1. The smallest absolute Gasteiger partial charge is 0.408 e. The van der Waals surface area contributed by atoms with Crippen molar-refractivity contribution >= 4 is 12.1 Å². The Kier molecular flexibility index (Phi) is 4.47. The average molecular weight is 266 g/mol. The van der Waals surface area contributed by atoms with Crippen molar-refractivity contribution in [3.63, 3.8) is 0 Å². The molecule has 0 saturated heterocycles. The van der Waals surface area contributed by atoms with Crippen LogP contribution in [0, 0.1) is 6.92 Å². The Morgan fingerprint density at radius 1 is 1.42 bits per heavy atom. The van der Waals surface area contributed by atoms with Crippen molar-refractivity contribution in [1.82, 2.24) is 10.3 Å². The number of nitrogens with one attached hydrogen (secondary N) is 1. The third-order valence-corrected chi connectivity index (χ3v) is 2.23. The van der Waals surface area contributed by atoms with Crippen LogP contribution in [0.4, 0.5) is 4.79 Å². The number of aryl methyl sites for hydroxylation is 1. The molecule has 0 aliphatic carbocycles. The van der Waals surface area contributed by atoms with Crippen LogP contribution in [0.5, 0.6) is 0 Å². The fourth-order valence-electron chi connectivity index (χ4n) is 1.47. The highest BCUT2D eigenvalue weighted by Gasteiger charge is 2.27. The van der Waals surface area contributed by atoms with Crippen molar-refractivity contribution in [3.8, 4) is 0 Å². The molecule has 1 amide bonds. The predicted molar refractivity (Wildman–Crippen MR) is 68.7 cm³/mol. The van der Waals surface area contributed by atoms with Gasteiger partial charge in [0.2, 0.25) is 0 Å². The maximum atomic E-state index is 11.6. The first-order valence-corrected chi connectivity index (χ1v) is 5.84. The summed E-state index contributed by atoms with van der Waals surface area (Å²) in [4.78, 5) is 26.9. The second kappa shape index (κ2) is 5.69. The van der Waals surface area contributed by atoms with Crippen LogP contribution >= 0.6 is 0 Å². The summed E-state index contributed by atoms with van der Waals surface area (Å²) >= 11 is 0. The highest BCUT2D eigenvalue weighted by molar-refractivity contribution is 5.81. The van der Waals surface area contributed by atoms with Gasteiger partial charge in [0.1, 0.15) is 5.60 Å². The molecule has 19 heavy (non-hydrogen) atoms. The first-order valence-electron chi connectivity index (χ1n) is 5.84. The van der Waals surface area contributed by atoms with Gasteiger partial charge in [0.25, 0.3) is 0 Å². The lowest BCUT2D eigenvalue weighted by Gasteiger charge is -2.22. The fraction of sp³-hybridized carbons (Fsp3) is 0.462. The van der Waals surface area contributed by atoms with Gasteiger partial charge in [-0.3, -0.25) is 4.98 Å². The number of carbonyl (C=O) groups excluding carboxylic acids is 1. The second-order valence-corrected chi connectivity index (χ2v) is 5.12. The molecule has 0 bridgehead atoms. The van der Waals surface area contributed by atoms with E-state index in [9.17, 15) is 14.7 Å². The normalized spacial score (nSPS) is 12.6. The van der Waals surface area contributed by atoms with Gasteiger partial charge in [0.15, 0.2) is 6.04 Å². The molecular weight excluding hydrogens is 248 g/mol. The van der Waals surface area contributed by atoms with E-state index in [0.29, 0.717) is 11.3 Å². The van der Waals surface area contributed by atoms with E-state index in [1.165, 1.54) is 6.20 Å². The van der Waals surface area contributed by atoms with Crippen molar-refractivity contribution in [1.29, 1.82) is 0 Å². The number of carbonyl (C=O) groups is 2. The first kappa shape index (κ1) is 14.9. The van der Waals surface area contributed by atoms with Crippen LogP contribution in [-0.2, 0) is 9.53 Å². The van der Waals surface area contributed by atoms with Crippen LogP contribution in [0.25, 0.3) is 0 Å². The van der Waals surface area contributed by atoms with Crippen LogP contribution in [0.2, 0.25) is 0 Å². The minimum Gasteiger partial charge on any atom is -0.479 e. The summed E-state index contributed by atoms with van der Waals surface area (Å²) in [5.74, 6) is -1.19. The number of nitrogens with zero attached hydrogens (tertiary/aromatic N) is 1. The molecule has 6 heteroatoms. The Morgan fingerprint density at radius 3 is 2.53 bits per heavy atom. The van der Waals surface area contributed by atoms with Gasteiger partial charge in [-0.1, -0.05) is 6.07 Å². The van der Waals surface area contributed by atoms with Crippen LogP contribution in [0.3, 0.4) is 0 Å². The van der Waals surface area contributed by atoms with Crippen LogP contribution in [0.15, 0.2) is 18.3 Å². The van der Waals surface area contributed by atoms with E-state index in [1.807, 2.05) is 0 Å². The number of rotatable bonds is 3.